The van der Waals surface area contributed by atoms with Gasteiger partial charge in [-0.15, -0.1) is 9.51 Å². The van der Waals surface area contributed by atoms with Gasteiger partial charge in [-0.1, -0.05) is 11.3 Å². The van der Waals surface area contributed by atoms with Gasteiger partial charge in [0.25, 0.3) is 0 Å². The van der Waals surface area contributed by atoms with E-state index in [1.165, 1.54) is 0 Å². The van der Waals surface area contributed by atoms with Crippen LogP contribution in [0.3, 0.4) is 0 Å². The molecule has 154 valence electrons. The number of amides is 1. The second-order valence-corrected chi connectivity index (χ2v) is 8.21. The van der Waals surface area contributed by atoms with E-state index in [0.29, 0.717) is 37.3 Å². The van der Waals surface area contributed by atoms with Gasteiger partial charge in [0.15, 0.2) is 0 Å². The SMILES string of the molecule is CC(C)(C)OC(=O)NCCCCOc1cccc2c1C(N=NN)=NS(=O)(=O)N2. The first kappa shape index (κ1) is 21.4. The zero-order valence-electron chi connectivity index (χ0n) is 15.9. The molecule has 0 fully saturated rings. The third kappa shape index (κ3) is 6.37. The van der Waals surface area contributed by atoms with Crippen LogP contribution in [0, 0.1) is 0 Å². The Morgan fingerprint density at radius 2 is 2.07 bits per heavy atom. The summed E-state index contributed by atoms with van der Waals surface area (Å²) < 4.78 is 40.2. The molecule has 12 heteroatoms. The number of nitrogens with zero attached hydrogens (tertiary/aromatic N) is 3. The van der Waals surface area contributed by atoms with Crippen molar-refractivity contribution in [3.63, 3.8) is 0 Å². The van der Waals surface area contributed by atoms with Crippen molar-refractivity contribution in [3.8, 4) is 5.75 Å². The first-order valence-electron chi connectivity index (χ1n) is 8.58. The van der Waals surface area contributed by atoms with E-state index in [1.807, 2.05) is 0 Å². The van der Waals surface area contributed by atoms with Crippen LogP contribution in [0.25, 0.3) is 0 Å². The van der Waals surface area contributed by atoms with Crippen molar-refractivity contribution in [2.24, 2.45) is 20.6 Å². The molecule has 2 rings (SSSR count). The minimum Gasteiger partial charge on any atom is -0.493 e. The number of hydrogen-bond donors (Lipinski definition) is 3. The number of unbranched alkanes of at least 4 members (excludes halogenated alkanes) is 1. The van der Waals surface area contributed by atoms with Crippen LogP contribution < -0.4 is 20.6 Å². The molecular formula is C16H24N6O5S. The Labute approximate surface area is 163 Å². The molecule has 4 N–H and O–H groups in total. The Balaban J connectivity index is 1.90. The molecule has 11 nitrogen and oxygen atoms in total. The monoisotopic (exact) mass is 412 g/mol. The van der Waals surface area contributed by atoms with Gasteiger partial charge >= 0.3 is 16.3 Å². The van der Waals surface area contributed by atoms with Crippen LogP contribution in [0.5, 0.6) is 5.75 Å². The van der Waals surface area contributed by atoms with E-state index in [0.717, 1.165) is 0 Å². The summed E-state index contributed by atoms with van der Waals surface area (Å²) in [6.45, 7) is 6.17. The molecule has 1 heterocycles. The summed E-state index contributed by atoms with van der Waals surface area (Å²) in [5.74, 6) is 5.29. The maximum atomic E-state index is 11.8. The number of rotatable bonds is 6. The van der Waals surface area contributed by atoms with Gasteiger partial charge in [0.2, 0.25) is 5.84 Å². The third-order valence-electron chi connectivity index (χ3n) is 3.34. The smallest absolute Gasteiger partial charge is 0.407 e. The molecular weight excluding hydrogens is 388 g/mol. The first-order valence-corrected chi connectivity index (χ1v) is 10.0. The Morgan fingerprint density at radius 3 is 2.75 bits per heavy atom. The molecule has 0 bridgehead atoms. The molecule has 0 spiro atoms. The molecule has 0 saturated carbocycles. The Bertz CT molecular complexity index is 876. The highest BCUT2D eigenvalue weighted by Gasteiger charge is 2.26. The lowest BCUT2D eigenvalue weighted by molar-refractivity contribution is 0.0526. The molecule has 0 aromatic heterocycles. The number of ether oxygens (including phenoxy) is 2. The molecule has 1 aromatic carbocycles. The number of carbonyl (C=O) groups excluding carboxylic acids is 1. The summed E-state index contributed by atoms with van der Waals surface area (Å²) in [4.78, 5) is 11.6. The van der Waals surface area contributed by atoms with Gasteiger partial charge in [-0.3, -0.25) is 4.72 Å². The van der Waals surface area contributed by atoms with Gasteiger partial charge in [-0.05, 0) is 45.7 Å². The van der Waals surface area contributed by atoms with E-state index in [-0.39, 0.29) is 11.5 Å². The first-order chi connectivity index (χ1) is 13.1. The summed E-state index contributed by atoms with van der Waals surface area (Å²) in [6, 6.07) is 4.87. The van der Waals surface area contributed by atoms with Gasteiger partial charge in [-0.2, -0.15) is 8.42 Å². The van der Waals surface area contributed by atoms with E-state index in [1.54, 1.807) is 39.0 Å². The van der Waals surface area contributed by atoms with E-state index in [2.05, 4.69) is 24.8 Å². The number of alkyl carbamates (subject to hydrolysis) is 1. The largest absolute Gasteiger partial charge is 0.493 e. The summed E-state index contributed by atoms with van der Waals surface area (Å²) >= 11 is 0. The molecule has 1 aliphatic rings. The highest BCUT2D eigenvalue weighted by molar-refractivity contribution is 7.91. The number of hydrogen-bond acceptors (Lipinski definition) is 7. The average molecular weight is 412 g/mol. The van der Waals surface area contributed by atoms with E-state index in [4.69, 9.17) is 15.3 Å². The van der Waals surface area contributed by atoms with Crippen LogP contribution in [0.1, 0.15) is 39.2 Å². The summed E-state index contributed by atoms with van der Waals surface area (Å²) in [7, 11) is -3.92. The lowest BCUT2D eigenvalue weighted by Crippen LogP contribution is -2.33. The number of carbonyl (C=O) groups is 1. The Kier molecular flexibility index (Phi) is 6.78. The van der Waals surface area contributed by atoms with Crippen LogP contribution in [-0.2, 0) is 14.9 Å². The van der Waals surface area contributed by atoms with Gasteiger partial charge < -0.3 is 20.6 Å². The normalized spacial score (nSPS) is 15.3. The molecule has 0 saturated heterocycles. The summed E-state index contributed by atoms with van der Waals surface area (Å²) in [6.07, 6.45) is 0.853. The maximum absolute atomic E-state index is 11.8. The molecule has 28 heavy (non-hydrogen) atoms. The number of fused-ring (bicyclic) bond motifs is 1. The fourth-order valence-corrected chi connectivity index (χ4v) is 3.17. The van der Waals surface area contributed by atoms with Crippen molar-refractivity contribution >= 4 is 27.8 Å². The number of benzene rings is 1. The zero-order valence-corrected chi connectivity index (χ0v) is 16.7. The van der Waals surface area contributed by atoms with E-state index >= 15 is 0 Å². The fraction of sp³-hybridized carbons (Fsp3) is 0.500. The standard InChI is InChI=1S/C16H24N6O5S/c1-16(2,3)27-15(23)18-9-4-5-10-26-12-8-6-7-11-13(12)14(19-22-17)21-28(24,25)20-11/h6-8,20H,4-5,9-10H2,1-3H3,(H,18,23)(H2,17,19,21). The van der Waals surface area contributed by atoms with E-state index < -0.39 is 21.9 Å². The molecule has 1 aliphatic heterocycles. The topological polar surface area (TPSA) is 157 Å². The molecule has 0 aliphatic carbocycles. The maximum Gasteiger partial charge on any atom is 0.407 e. The molecule has 0 unspecified atom stereocenters. The van der Waals surface area contributed by atoms with Crippen molar-refractivity contribution in [1.29, 1.82) is 0 Å². The molecule has 0 radical (unpaired) electrons. The lowest BCUT2D eigenvalue weighted by Gasteiger charge is -2.20. The highest BCUT2D eigenvalue weighted by Crippen LogP contribution is 2.32. The second-order valence-electron chi connectivity index (χ2n) is 6.87. The average Bonchev–Trinajstić information content (AvgIpc) is 2.55. The molecule has 1 amide bonds. The fourth-order valence-electron chi connectivity index (χ4n) is 2.33. The third-order valence-corrected chi connectivity index (χ3v) is 4.24. The lowest BCUT2D eigenvalue weighted by atomic mass is 10.1. The Morgan fingerprint density at radius 1 is 1.32 bits per heavy atom. The zero-order chi connectivity index (χ0) is 20.8. The highest BCUT2D eigenvalue weighted by atomic mass is 32.2. The van der Waals surface area contributed by atoms with E-state index in [9.17, 15) is 13.2 Å². The van der Waals surface area contributed by atoms with Gasteiger partial charge in [0, 0.05) is 6.54 Å². The van der Waals surface area contributed by atoms with Crippen molar-refractivity contribution in [1.82, 2.24) is 5.32 Å². The van der Waals surface area contributed by atoms with Crippen molar-refractivity contribution in [2.75, 3.05) is 17.9 Å². The number of anilines is 1. The van der Waals surface area contributed by atoms with Gasteiger partial charge in [-0.25, -0.2) is 4.79 Å². The van der Waals surface area contributed by atoms with Crippen LogP contribution in [0.4, 0.5) is 10.5 Å². The molecule has 1 aromatic rings. The minimum absolute atomic E-state index is 0.154. The van der Waals surface area contributed by atoms with Crippen LogP contribution in [0.2, 0.25) is 0 Å². The van der Waals surface area contributed by atoms with Crippen LogP contribution in [-0.4, -0.2) is 39.1 Å². The second kappa shape index (κ2) is 8.87. The quantitative estimate of drug-likeness (QED) is 0.281. The number of amidine groups is 1. The van der Waals surface area contributed by atoms with Crippen LogP contribution in [0.15, 0.2) is 32.9 Å². The number of nitrogens with one attached hydrogen (secondary N) is 2. The number of nitrogens with two attached hydrogens (primary N) is 1. The van der Waals surface area contributed by atoms with Crippen molar-refractivity contribution in [2.45, 2.75) is 39.2 Å². The molecule has 0 atom stereocenters. The summed E-state index contributed by atoms with van der Waals surface area (Å²) in [5, 5.41) is 9.37. The predicted molar refractivity (Wildman–Crippen MR) is 104 cm³/mol. The minimum atomic E-state index is -3.92. The van der Waals surface area contributed by atoms with Gasteiger partial charge in [0.1, 0.15) is 11.4 Å². The van der Waals surface area contributed by atoms with Gasteiger partial charge in [0.05, 0.1) is 17.9 Å². The van der Waals surface area contributed by atoms with Crippen LogP contribution >= 0.6 is 0 Å². The van der Waals surface area contributed by atoms with Crippen molar-refractivity contribution < 1.29 is 22.7 Å². The Hall–Kier alpha value is -2.89. The summed E-state index contributed by atoms with van der Waals surface area (Å²) in [5.41, 5.74) is 0.0984. The van der Waals surface area contributed by atoms with Crippen molar-refractivity contribution in [3.05, 3.63) is 23.8 Å². The predicted octanol–water partition coefficient (Wildman–Crippen LogP) is 2.11.